The van der Waals surface area contributed by atoms with Crippen LogP contribution in [0.4, 0.5) is 5.69 Å². The molecule has 1 saturated heterocycles. The molecule has 0 saturated carbocycles. The van der Waals surface area contributed by atoms with Gasteiger partial charge in [-0.1, -0.05) is 0 Å². The van der Waals surface area contributed by atoms with Crippen LogP contribution >= 0.6 is 0 Å². The Hall–Kier alpha value is -1.75. The number of aliphatic hydroxyl groups is 1. The van der Waals surface area contributed by atoms with E-state index < -0.39 is 0 Å². The van der Waals surface area contributed by atoms with Gasteiger partial charge in [-0.2, -0.15) is 0 Å². The Labute approximate surface area is 125 Å². The molecule has 0 spiro atoms. The number of likely N-dealkylation sites (tertiary alicyclic amines) is 1. The maximum Gasteiger partial charge on any atom is 0.254 e. The number of nitrogen functional groups attached to an aromatic ring is 1. The van der Waals surface area contributed by atoms with Crippen LogP contribution in [-0.4, -0.2) is 41.7 Å². The molecule has 1 unspecified atom stereocenters. The van der Waals surface area contributed by atoms with E-state index in [1.165, 1.54) is 0 Å². The Morgan fingerprint density at radius 1 is 1.52 bits per heavy atom. The minimum Gasteiger partial charge on any atom is -0.492 e. The van der Waals surface area contributed by atoms with E-state index in [-0.39, 0.29) is 18.6 Å². The van der Waals surface area contributed by atoms with Gasteiger partial charge in [-0.05, 0) is 50.8 Å². The van der Waals surface area contributed by atoms with Gasteiger partial charge >= 0.3 is 0 Å². The topological polar surface area (TPSA) is 75.8 Å². The number of hydrogen-bond acceptors (Lipinski definition) is 4. The molecule has 1 heterocycles. The largest absolute Gasteiger partial charge is 0.492 e. The van der Waals surface area contributed by atoms with Crippen molar-refractivity contribution in [2.45, 2.75) is 38.6 Å². The zero-order valence-corrected chi connectivity index (χ0v) is 12.5. The van der Waals surface area contributed by atoms with Crippen molar-refractivity contribution < 1.29 is 14.6 Å². The molecule has 0 radical (unpaired) electrons. The zero-order valence-electron chi connectivity index (χ0n) is 12.5. The van der Waals surface area contributed by atoms with E-state index in [0.717, 1.165) is 32.2 Å². The van der Waals surface area contributed by atoms with E-state index in [9.17, 15) is 4.79 Å². The number of carbonyl (C=O) groups is 1. The molecule has 1 aromatic carbocycles. The Bertz CT molecular complexity index is 490. The SMILES string of the molecule is CCOc1ccc(C(=O)N2CCCC2CCCO)cc1N. The molecule has 1 amide bonds. The van der Waals surface area contributed by atoms with Gasteiger partial charge in [0.2, 0.25) is 0 Å². The third-order valence-corrected chi connectivity index (χ3v) is 3.89. The fraction of sp³-hybridized carbons (Fsp3) is 0.562. The number of carbonyl (C=O) groups excluding carboxylic acids is 1. The molecular formula is C16H24N2O3. The standard InChI is InChI=1S/C16H24N2O3/c1-2-21-15-8-7-12(11-14(15)17)16(20)18-9-3-5-13(18)6-4-10-19/h7-8,11,13,19H,2-6,9-10,17H2,1H3. The van der Waals surface area contributed by atoms with Crippen LogP contribution in [0.25, 0.3) is 0 Å². The van der Waals surface area contributed by atoms with Crippen LogP contribution in [0.1, 0.15) is 43.0 Å². The molecule has 2 rings (SSSR count). The zero-order chi connectivity index (χ0) is 15.2. The van der Waals surface area contributed by atoms with Gasteiger partial charge in [0, 0.05) is 24.8 Å². The van der Waals surface area contributed by atoms with Crippen molar-refractivity contribution >= 4 is 11.6 Å². The lowest BCUT2D eigenvalue weighted by atomic mass is 10.1. The second kappa shape index (κ2) is 7.31. The van der Waals surface area contributed by atoms with Crippen molar-refractivity contribution in [1.29, 1.82) is 0 Å². The molecule has 1 aliphatic heterocycles. The van der Waals surface area contributed by atoms with Crippen LogP contribution in [0.2, 0.25) is 0 Å². The lowest BCUT2D eigenvalue weighted by molar-refractivity contribution is 0.0724. The average molecular weight is 292 g/mol. The van der Waals surface area contributed by atoms with Gasteiger partial charge in [0.25, 0.3) is 5.91 Å². The second-order valence-corrected chi connectivity index (χ2v) is 5.35. The number of aliphatic hydroxyl groups excluding tert-OH is 1. The number of amides is 1. The van der Waals surface area contributed by atoms with Crippen molar-refractivity contribution in [2.75, 3.05) is 25.5 Å². The van der Waals surface area contributed by atoms with Crippen LogP contribution in [-0.2, 0) is 0 Å². The summed E-state index contributed by atoms with van der Waals surface area (Å²) in [5.41, 5.74) is 7.03. The van der Waals surface area contributed by atoms with Crippen molar-refractivity contribution in [1.82, 2.24) is 4.90 Å². The monoisotopic (exact) mass is 292 g/mol. The van der Waals surface area contributed by atoms with Gasteiger partial charge in [-0.25, -0.2) is 0 Å². The van der Waals surface area contributed by atoms with Crippen molar-refractivity contribution in [3.8, 4) is 5.75 Å². The highest BCUT2D eigenvalue weighted by molar-refractivity contribution is 5.95. The fourth-order valence-electron chi connectivity index (χ4n) is 2.86. The number of hydrogen-bond donors (Lipinski definition) is 2. The summed E-state index contributed by atoms with van der Waals surface area (Å²) in [7, 11) is 0. The van der Waals surface area contributed by atoms with Gasteiger partial charge < -0.3 is 20.5 Å². The highest BCUT2D eigenvalue weighted by Gasteiger charge is 2.29. The molecule has 5 heteroatoms. The summed E-state index contributed by atoms with van der Waals surface area (Å²) in [4.78, 5) is 14.5. The number of benzene rings is 1. The molecule has 21 heavy (non-hydrogen) atoms. The van der Waals surface area contributed by atoms with Crippen molar-refractivity contribution in [2.24, 2.45) is 0 Å². The minimum absolute atomic E-state index is 0.0187. The molecule has 3 N–H and O–H groups in total. The molecule has 0 aliphatic carbocycles. The molecule has 1 atom stereocenters. The summed E-state index contributed by atoms with van der Waals surface area (Å²) < 4.78 is 5.39. The van der Waals surface area contributed by atoms with E-state index in [2.05, 4.69) is 0 Å². The van der Waals surface area contributed by atoms with Crippen molar-refractivity contribution in [3.05, 3.63) is 23.8 Å². The predicted octanol–water partition coefficient (Wildman–Crippen LogP) is 2.04. The normalized spacial score (nSPS) is 18.0. The third-order valence-electron chi connectivity index (χ3n) is 3.89. The predicted molar refractivity (Wildman–Crippen MR) is 82.4 cm³/mol. The Morgan fingerprint density at radius 3 is 3.00 bits per heavy atom. The highest BCUT2D eigenvalue weighted by atomic mass is 16.5. The number of nitrogens with zero attached hydrogens (tertiary/aromatic N) is 1. The molecule has 0 aromatic heterocycles. The molecule has 5 nitrogen and oxygen atoms in total. The summed E-state index contributed by atoms with van der Waals surface area (Å²) >= 11 is 0. The van der Waals surface area contributed by atoms with Crippen LogP contribution < -0.4 is 10.5 Å². The van der Waals surface area contributed by atoms with Crippen LogP contribution in [0.15, 0.2) is 18.2 Å². The lowest BCUT2D eigenvalue weighted by Gasteiger charge is -2.25. The molecule has 1 aromatic rings. The summed E-state index contributed by atoms with van der Waals surface area (Å²) in [5.74, 6) is 0.637. The maximum absolute atomic E-state index is 12.6. The van der Waals surface area contributed by atoms with E-state index in [1.807, 2.05) is 11.8 Å². The van der Waals surface area contributed by atoms with Crippen LogP contribution in [0, 0.1) is 0 Å². The van der Waals surface area contributed by atoms with Gasteiger partial charge in [-0.3, -0.25) is 4.79 Å². The third kappa shape index (κ3) is 3.67. The highest BCUT2D eigenvalue weighted by Crippen LogP contribution is 2.27. The smallest absolute Gasteiger partial charge is 0.254 e. The quantitative estimate of drug-likeness (QED) is 0.787. The fourth-order valence-corrected chi connectivity index (χ4v) is 2.86. The molecular weight excluding hydrogens is 268 g/mol. The number of nitrogens with two attached hydrogens (primary N) is 1. The number of rotatable bonds is 6. The van der Waals surface area contributed by atoms with Crippen LogP contribution in [0.5, 0.6) is 5.75 Å². The van der Waals surface area contributed by atoms with Gasteiger partial charge in [-0.15, -0.1) is 0 Å². The maximum atomic E-state index is 12.6. The molecule has 0 bridgehead atoms. The Morgan fingerprint density at radius 2 is 2.33 bits per heavy atom. The summed E-state index contributed by atoms with van der Waals surface area (Å²) in [6, 6.07) is 5.45. The average Bonchev–Trinajstić information content (AvgIpc) is 2.95. The van der Waals surface area contributed by atoms with E-state index in [0.29, 0.717) is 23.6 Å². The molecule has 116 valence electrons. The number of ether oxygens (including phenoxy) is 1. The van der Waals surface area contributed by atoms with Crippen molar-refractivity contribution in [3.63, 3.8) is 0 Å². The van der Waals surface area contributed by atoms with E-state index >= 15 is 0 Å². The summed E-state index contributed by atoms with van der Waals surface area (Å²) in [6.45, 7) is 3.40. The first-order chi connectivity index (χ1) is 10.2. The number of anilines is 1. The second-order valence-electron chi connectivity index (χ2n) is 5.35. The summed E-state index contributed by atoms with van der Waals surface area (Å²) in [6.07, 6.45) is 3.63. The summed E-state index contributed by atoms with van der Waals surface area (Å²) in [5, 5.41) is 8.95. The van der Waals surface area contributed by atoms with E-state index in [1.54, 1.807) is 18.2 Å². The van der Waals surface area contributed by atoms with Crippen LogP contribution in [0.3, 0.4) is 0 Å². The molecule has 1 fully saturated rings. The molecule has 1 aliphatic rings. The van der Waals surface area contributed by atoms with Gasteiger partial charge in [0.15, 0.2) is 0 Å². The van der Waals surface area contributed by atoms with Gasteiger partial charge in [0.05, 0.1) is 12.3 Å². The minimum atomic E-state index is 0.0187. The lowest BCUT2D eigenvalue weighted by Crippen LogP contribution is -2.35. The Kier molecular flexibility index (Phi) is 5.44. The first-order valence-corrected chi connectivity index (χ1v) is 7.61. The first kappa shape index (κ1) is 15.6. The van der Waals surface area contributed by atoms with Gasteiger partial charge in [0.1, 0.15) is 5.75 Å². The first-order valence-electron chi connectivity index (χ1n) is 7.61. The Balaban J connectivity index is 2.10. The van der Waals surface area contributed by atoms with E-state index in [4.69, 9.17) is 15.6 Å².